The molecule has 0 amide bonds. The molecule has 5 nitrogen and oxygen atoms in total. The van der Waals surface area contributed by atoms with Crippen molar-refractivity contribution < 1.29 is 14.4 Å². The highest BCUT2D eigenvalue weighted by Gasteiger charge is 2.23. The third kappa shape index (κ3) is 1.66. The molecule has 1 aliphatic rings. The van der Waals surface area contributed by atoms with Crippen molar-refractivity contribution in [3.63, 3.8) is 0 Å². The van der Waals surface area contributed by atoms with E-state index in [9.17, 15) is 0 Å². The summed E-state index contributed by atoms with van der Waals surface area (Å²) in [7, 11) is 0. The van der Waals surface area contributed by atoms with Crippen LogP contribution in [0.25, 0.3) is 0 Å². The molecule has 0 saturated carbocycles. The van der Waals surface area contributed by atoms with Crippen molar-refractivity contribution in [2.45, 2.75) is 25.5 Å². The molecule has 0 aromatic carbocycles. The maximum absolute atomic E-state index is 8.77. The number of hydrogen-bond donors (Lipinski definition) is 2. The van der Waals surface area contributed by atoms with Gasteiger partial charge in [0, 0.05) is 18.6 Å². The molecule has 3 N–H and O–H groups in total. The van der Waals surface area contributed by atoms with Gasteiger partial charge in [0.2, 0.25) is 0 Å². The van der Waals surface area contributed by atoms with E-state index >= 15 is 0 Å². The standard InChI is InChI=1S/C9H14N2O3/c10-7(1-3-12)9-6-5-13-4-2-8(6)11-14-9/h7,12H,1-5,10H2. The van der Waals surface area contributed by atoms with Crippen molar-refractivity contribution in [2.75, 3.05) is 13.2 Å². The number of fused-ring (bicyclic) bond motifs is 1. The summed E-state index contributed by atoms with van der Waals surface area (Å²) in [6.07, 6.45) is 1.27. The zero-order valence-electron chi connectivity index (χ0n) is 7.90. The lowest BCUT2D eigenvalue weighted by atomic mass is 10.0. The summed E-state index contributed by atoms with van der Waals surface area (Å²) in [6, 6.07) is -0.280. The monoisotopic (exact) mass is 198 g/mol. The lowest BCUT2D eigenvalue weighted by molar-refractivity contribution is 0.109. The summed E-state index contributed by atoms with van der Waals surface area (Å²) in [5, 5.41) is 12.7. The molecule has 0 fully saturated rings. The molecule has 14 heavy (non-hydrogen) atoms. The Kier molecular flexibility index (Phi) is 2.81. The normalized spacial score (nSPS) is 17.9. The van der Waals surface area contributed by atoms with Crippen LogP contribution in [-0.2, 0) is 17.8 Å². The second-order valence-corrected chi connectivity index (χ2v) is 3.39. The Balaban J connectivity index is 2.21. The number of aliphatic hydroxyl groups is 1. The van der Waals surface area contributed by atoms with Crippen LogP contribution in [0.3, 0.4) is 0 Å². The maximum Gasteiger partial charge on any atom is 0.159 e. The van der Waals surface area contributed by atoms with Crippen LogP contribution in [0.1, 0.15) is 29.5 Å². The fraction of sp³-hybridized carbons (Fsp3) is 0.667. The van der Waals surface area contributed by atoms with Crippen LogP contribution >= 0.6 is 0 Å². The first-order valence-corrected chi connectivity index (χ1v) is 4.74. The van der Waals surface area contributed by atoms with Gasteiger partial charge in [0.25, 0.3) is 0 Å². The molecule has 2 rings (SSSR count). The minimum Gasteiger partial charge on any atom is -0.396 e. The fourth-order valence-corrected chi connectivity index (χ4v) is 1.61. The molecular formula is C9H14N2O3. The van der Waals surface area contributed by atoms with Crippen molar-refractivity contribution >= 4 is 0 Å². The largest absolute Gasteiger partial charge is 0.396 e. The summed E-state index contributed by atoms with van der Waals surface area (Å²) in [6.45, 7) is 1.26. The highest BCUT2D eigenvalue weighted by Crippen LogP contribution is 2.25. The van der Waals surface area contributed by atoms with E-state index in [-0.39, 0.29) is 12.6 Å². The number of rotatable bonds is 3. The average molecular weight is 198 g/mol. The molecule has 1 aromatic rings. The Labute approximate surface area is 81.8 Å². The molecular weight excluding hydrogens is 184 g/mol. The van der Waals surface area contributed by atoms with E-state index in [4.69, 9.17) is 20.1 Å². The molecule has 1 aromatic heterocycles. The first-order chi connectivity index (χ1) is 6.83. The maximum atomic E-state index is 8.77. The number of aromatic nitrogens is 1. The Morgan fingerprint density at radius 2 is 2.43 bits per heavy atom. The Bertz CT molecular complexity index is 311. The summed E-state index contributed by atoms with van der Waals surface area (Å²) < 4.78 is 10.5. The predicted molar refractivity (Wildman–Crippen MR) is 48.5 cm³/mol. The van der Waals surface area contributed by atoms with Crippen molar-refractivity contribution in [3.05, 3.63) is 17.0 Å². The molecule has 0 radical (unpaired) electrons. The molecule has 0 bridgehead atoms. The molecule has 0 spiro atoms. The average Bonchev–Trinajstić information content (AvgIpc) is 2.61. The summed E-state index contributed by atoms with van der Waals surface area (Å²) >= 11 is 0. The molecule has 1 unspecified atom stereocenters. The fourth-order valence-electron chi connectivity index (χ4n) is 1.61. The smallest absolute Gasteiger partial charge is 0.159 e. The van der Waals surface area contributed by atoms with Crippen LogP contribution in [0.4, 0.5) is 0 Å². The molecule has 2 heterocycles. The highest BCUT2D eigenvalue weighted by molar-refractivity contribution is 5.26. The van der Waals surface area contributed by atoms with Gasteiger partial charge in [0.1, 0.15) is 0 Å². The van der Waals surface area contributed by atoms with E-state index in [1.807, 2.05) is 0 Å². The topological polar surface area (TPSA) is 81.5 Å². The highest BCUT2D eigenvalue weighted by atomic mass is 16.5. The van der Waals surface area contributed by atoms with Gasteiger partial charge in [-0.25, -0.2) is 0 Å². The minimum atomic E-state index is -0.280. The first kappa shape index (κ1) is 9.64. The second kappa shape index (κ2) is 4.08. The van der Waals surface area contributed by atoms with Crippen LogP contribution in [0.15, 0.2) is 4.52 Å². The van der Waals surface area contributed by atoms with Gasteiger partial charge in [-0.3, -0.25) is 0 Å². The SMILES string of the molecule is NC(CCO)c1onc2c1COCC2. The number of aliphatic hydroxyl groups excluding tert-OH is 1. The third-order valence-corrected chi connectivity index (χ3v) is 2.41. The van der Waals surface area contributed by atoms with E-state index < -0.39 is 0 Å². The van der Waals surface area contributed by atoms with Gasteiger partial charge in [-0.15, -0.1) is 0 Å². The number of ether oxygens (including phenoxy) is 1. The minimum absolute atomic E-state index is 0.0531. The van der Waals surface area contributed by atoms with Gasteiger partial charge in [0.05, 0.1) is 24.9 Å². The lowest BCUT2D eigenvalue weighted by Gasteiger charge is -2.13. The van der Waals surface area contributed by atoms with Crippen LogP contribution < -0.4 is 5.73 Å². The summed E-state index contributed by atoms with van der Waals surface area (Å²) in [4.78, 5) is 0. The van der Waals surface area contributed by atoms with E-state index in [0.29, 0.717) is 25.4 Å². The first-order valence-electron chi connectivity index (χ1n) is 4.74. The number of nitrogens with zero attached hydrogens (tertiary/aromatic N) is 1. The van der Waals surface area contributed by atoms with Gasteiger partial charge >= 0.3 is 0 Å². The van der Waals surface area contributed by atoms with E-state index in [1.165, 1.54) is 0 Å². The van der Waals surface area contributed by atoms with Crippen LogP contribution in [0.2, 0.25) is 0 Å². The molecule has 1 atom stereocenters. The van der Waals surface area contributed by atoms with Crippen molar-refractivity contribution in [3.8, 4) is 0 Å². The van der Waals surface area contributed by atoms with Crippen LogP contribution in [0, 0.1) is 0 Å². The van der Waals surface area contributed by atoms with Crippen molar-refractivity contribution in [1.29, 1.82) is 0 Å². The van der Waals surface area contributed by atoms with Crippen LogP contribution in [-0.4, -0.2) is 23.5 Å². The Morgan fingerprint density at radius 1 is 1.57 bits per heavy atom. The third-order valence-electron chi connectivity index (χ3n) is 2.41. The van der Waals surface area contributed by atoms with Gasteiger partial charge in [0.15, 0.2) is 5.76 Å². The van der Waals surface area contributed by atoms with Crippen molar-refractivity contribution in [2.24, 2.45) is 5.73 Å². The van der Waals surface area contributed by atoms with E-state index in [0.717, 1.165) is 17.7 Å². The summed E-state index contributed by atoms with van der Waals surface area (Å²) in [5.74, 6) is 0.661. The van der Waals surface area contributed by atoms with Crippen LogP contribution in [0.5, 0.6) is 0 Å². The van der Waals surface area contributed by atoms with Gasteiger partial charge < -0.3 is 20.1 Å². The van der Waals surface area contributed by atoms with Gasteiger partial charge in [-0.05, 0) is 6.42 Å². The predicted octanol–water partition coefficient (Wildman–Crippen LogP) is 0.129. The quantitative estimate of drug-likeness (QED) is 0.721. The molecule has 0 aliphatic carbocycles. The number of nitrogens with two attached hydrogens (primary N) is 1. The Hall–Kier alpha value is -0.910. The summed E-state index contributed by atoms with van der Waals surface area (Å²) in [5.41, 5.74) is 7.74. The zero-order chi connectivity index (χ0) is 9.97. The van der Waals surface area contributed by atoms with Gasteiger partial charge in [-0.2, -0.15) is 0 Å². The molecule has 0 saturated heterocycles. The lowest BCUT2D eigenvalue weighted by Crippen LogP contribution is -2.16. The van der Waals surface area contributed by atoms with E-state index in [1.54, 1.807) is 0 Å². The van der Waals surface area contributed by atoms with Gasteiger partial charge in [-0.1, -0.05) is 5.16 Å². The molecule has 78 valence electrons. The molecule has 1 aliphatic heterocycles. The van der Waals surface area contributed by atoms with Crippen molar-refractivity contribution in [1.82, 2.24) is 5.16 Å². The molecule has 5 heteroatoms. The second-order valence-electron chi connectivity index (χ2n) is 3.39. The van der Waals surface area contributed by atoms with E-state index in [2.05, 4.69) is 5.16 Å². The zero-order valence-corrected chi connectivity index (χ0v) is 7.90. The Morgan fingerprint density at radius 3 is 3.21 bits per heavy atom. The number of hydrogen-bond acceptors (Lipinski definition) is 5.